The average Bonchev–Trinajstić information content (AvgIpc) is 3.49. The molecular formula is C32H35FeP2. The normalized spacial score (nSPS) is 16.6. The molecule has 0 spiro atoms. The summed E-state index contributed by atoms with van der Waals surface area (Å²) in [5.41, 5.74) is 13.7. The van der Waals surface area contributed by atoms with Gasteiger partial charge in [0, 0.05) is 0 Å². The first kappa shape index (κ1) is 29.5. The largest absolute Gasteiger partial charge is 2.00 e. The molecule has 0 bridgehead atoms. The van der Waals surface area contributed by atoms with Crippen molar-refractivity contribution >= 4 is 26.5 Å². The maximum atomic E-state index is 3.72. The minimum atomic E-state index is -0.496. The smallest absolute Gasteiger partial charge is 0.350 e. The first-order chi connectivity index (χ1) is 16.1. The van der Waals surface area contributed by atoms with Crippen LogP contribution in [0, 0.1) is 18.6 Å². The zero-order chi connectivity index (χ0) is 24.8. The van der Waals surface area contributed by atoms with Crippen LogP contribution in [0.25, 0.3) is 0 Å². The van der Waals surface area contributed by atoms with E-state index in [-0.39, 0.29) is 25.0 Å². The SMILES string of the molecule is C[C@H](C1=C=C[CH-]C1P(c1ccccc1)c1ccccc1)P(C(C)(C)C)C(C)(C)C.[C]1=C=C=C=[C-]1.[Fe+2]. The van der Waals surface area contributed by atoms with Gasteiger partial charge in [0.2, 0.25) is 0 Å². The maximum Gasteiger partial charge on any atom is 2.00 e. The Morgan fingerprint density at radius 1 is 0.829 bits per heavy atom. The zero-order valence-corrected chi connectivity index (χ0v) is 24.7. The fourth-order valence-electron chi connectivity index (χ4n) is 5.13. The van der Waals surface area contributed by atoms with E-state index in [2.05, 4.69) is 157 Å². The van der Waals surface area contributed by atoms with Crippen molar-refractivity contribution in [2.45, 2.75) is 70.1 Å². The third-order valence-corrected chi connectivity index (χ3v) is 12.4. The second-order valence-electron chi connectivity index (χ2n) is 10.5. The molecule has 0 amide bonds. The summed E-state index contributed by atoms with van der Waals surface area (Å²) in [6.45, 7) is 17.0. The molecule has 0 aromatic heterocycles. The molecule has 3 heteroatoms. The van der Waals surface area contributed by atoms with Gasteiger partial charge < -0.3 is 5.73 Å². The monoisotopic (exact) mass is 537 g/mol. The molecule has 2 atom stereocenters. The minimum absolute atomic E-state index is 0. The molecular weight excluding hydrogens is 502 g/mol. The van der Waals surface area contributed by atoms with Gasteiger partial charge in [0.1, 0.15) is 0 Å². The van der Waals surface area contributed by atoms with E-state index in [9.17, 15) is 0 Å². The molecule has 2 aliphatic rings. The predicted octanol–water partition coefficient (Wildman–Crippen LogP) is 7.88. The van der Waals surface area contributed by atoms with Crippen molar-refractivity contribution in [2.24, 2.45) is 0 Å². The van der Waals surface area contributed by atoms with Crippen LogP contribution in [0.3, 0.4) is 0 Å². The van der Waals surface area contributed by atoms with E-state index in [0.717, 1.165) is 0 Å². The van der Waals surface area contributed by atoms with Gasteiger partial charge in [0.25, 0.3) is 0 Å². The molecule has 2 aromatic rings. The molecule has 0 aliphatic heterocycles. The van der Waals surface area contributed by atoms with Crippen LogP contribution in [-0.2, 0) is 17.1 Å². The number of benzene rings is 2. The number of allylic oxidation sites excluding steroid dienone is 3. The Morgan fingerprint density at radius 3 is 1.71 bits per heavy atom. The summed E-state index contributed by atoms with van der Waals surface area (Å²) in [4.78, 5) is 0. The second-order valence-corrected chi connectivity index (χ2v) is 17.0. The van der Waals surface area contributed by atoms with E-state index in [4.69, 9.17) is 0 Å². The van der Waals surface area contributed by atoms with Crippen LogP contribution in [0.5, 0.6) is 0 Å². The first-order valence-electron chi connectivity index (χ1n) is 11.8. The topological polar surface area (TPSA) is 0 Å². The molecule has 35 heavy (non-hydrogen) atoms. The Balaban J connectivity index is 0.000000640. The van der Waals surface area contributed by atoms with Gasteiger partial charge in [0.15, 0.2) is 0 Å². The van der Waals surface area contributed by atoms with Gasteiger partial charge in [-0.3, -0.25) is 11.5 Å². The van der Waals surface area contributed by atoms with E-state index in [1.54, 1.807) is 0 Å². The van der Waals surface area contributed by atoms with Crippen molar-refractivity contribution in [3.8, 4) is 0 Å². The van der Waals surface area contributed by atoms with E-state index in [0.29, 0.717) is 21.6 Å². The minimum Gasteiger partial charge on any atom is -0.350 e. The van der Waals surface area contributed by atoms with Crippen LogP contribution >= 0.6 is 15.8 Å². The summed E-state index contributed by atoms with van der Waals surface area (Å²) in [5.74, 6) is 0. The van der Waals surface area contributed by atoms with Crippen LogP contribution in [0.2, 0.25) is 0 Å². The fourth-order valence-corrected chi connectivity index (χ4v) is 12.9. The molecule has 4 rings (SSSR count). The van der Waals surface area contributed by atoms with Gasteiger partial charge in [-0.2, -0.15) is 0 Å². The summed E-state index contributed by atoms with van der Waals surface area (Å²) in [5, 5.41) is 3.51. The standard InChI is InChI=1S/C27H35P2.C5.Fe/c1-21(29(26(2,3)4)27(5,6)7)24-19-14-20-25(24)28(22-15-10-8-11-16-22)23-17-12-9-13-18-23;1-2-4-5-3-1;/h8-18,20-21,25H,1-7H3;;/q2*-1;+2/t21-,25?;;/m1../s1. The van der Waals surface area contributed by atoms with Gasteiger partial charge in [-0.1, -0.05) is 125 Å². The summed E-state index contributed by atoms with van der Waals surface area (Å²) in [6.07, 6.45) is 9.60. The molecule has 2 aromatic carbocycles. The summed E-state index contributed by atoms with van der Waals surface area (Å²) in [7, 11) is -0.730. The Morgan fingerprint density at radius 2 is 1.34 bits per heavy atom. The van der Waals surface area contributed by atoms with Crippen LogP contribution in [0.1, 0.15) is 48.5 Å². The van der Waals surface area contributed by atoms with E-state index < -0.39 is 7.92 Å². The van der Waals surface area contributed by atoms with Crippen molar-refractivity contribution in [1.29, 1.82) is 0 Å². The molecule has 0 saturated carbocycles. The molecule has 1 unspecified atom stereocenters. The average molecular weight is 537 g/mol. The molecule has 2 aliphatic carbocycles. The fraction of sp³-hybridized carbons (Fsp3) is 0.344. The number of rotatable bonds is 5. The van der Waals surface area contributed by atoms with Gasteiger partial charge in [-0.25, -0.2) is 18.2 Å². The Hall–Kier alpha value is -1.71. The van der Waals surface area contributed by atoms with Crippen molar-refractivity contribution in [1.82, 2.24) is 0 Å². The van der Waals surface area contributed by atoms with Crippen molar-refractivity contribution < 1.29 is 17.1 Å². The quantitative estimate of drug-likeness (QED) is 0.158. The van der Waals surface area contributed by atoms with Crippen LogP contribution < -0.4 is 10.6 Å². The Labute approximate surface area is 226 Å². The maximum absolute atomic E-state index is 3.72. The van der Waals surface area contributed by atoms with Crippen molar-refractivity contribution in [2.75, 3.05) is 0 Å². The van der Waals surface area contributed by atoms with Gasteiger partial charge in [0.05, 0.1) is 0 Å². The van der Waals surface area contributed by atoms with Crippen LogP contribution in [0.4, 0.5) is 0 Å². The summed E-state index contributed by atoms with van der Waals surface area (Å²) >= 11 is 0. The number of hydrogen-bond donors (Lipinski definition) is 0. The third kappa shape index (κ3) is 7.89. The molecule has 0 fully saturated rings. The Bertz CT molecular complexity index is 1090. The first-order valence-corrected chi connectivity index (χ1v) is 14.7. The molecule has 0 heterocycles. The van der Waals surface area contributed by atoms with Crippen LogP contribution in [0.15, 0.2) is 95.2 Å². The van der Waals surface area contributed by atoms with Gasteiger partial charge in [-0.15, -0.1) is 17.7 Å². The molecule has 1 radical (unpaired) electrons. The van der Waals surface area contributed by atoms with E-state index in [1.807, 2.05) is 0 Å². The van der Waals surface area contributed by atoms with E-state index in [1.165, 1.54) is 16.2 Å². The predicted molar refractivity (Wildman–Crippen MR) is 152 cm³/mol. The third-order valence-electron chi connectivity index (χ3n) is 5.79. The summed E-state index contributed by atoms with van der Waals surface area (Å²) in [6, 6.07) is 22.2. The molecule has 0 N–H and O–H groups in total. The molecule has 181 valence electrons. The molecule has 0 saturated heterocycles. The van der Waals surface area contributed by atoms with Crippen LogP contribution in [-0.4, -0.2) is 21.6 Å². The van der Waals surface area contributed by atoms with Gasteiger partial charge >= 0.3 is 17.1 Å². The van der Waals surface area contributed by atoms with E-state index >= 15 is 0 Å². The summed E-state index contributed by atoms with van der Waals surface area (Å²) < 4.78 is 0. The zero-order valence-electron chi connectivity index (χ0n) is 21.8. The van der Waals surface area contributed by atoms with Crippen molar-refractivity contribution in [3.05, 3.63) is 114 Å². The second kappa shape index (κ2) is 13.0. The Kier molecular flexibility index (Phi) is 11.0. The van der Waals surface area contributed by atoms with Crippen molar-refractivity contribution in [3.63, 3.8) is 0 Å². The molecule has 0 nitrogen and oxygen atoms in total. The number of hydrogen-bond acceptors (Lipinski definition) is 0. The van der Waals surface area contributed by atoms with Gasteiger partial charge in [-0.05, 0) is 32.2 Å².